The Morgan fingerprint density at radius 2 is 2.06 bits per heavy atom. The molecule has 180 valence electrons. The summed E-state index contributed by atoms with van der Waals surface area (Å²) >= 11 is 0. The van der Waals surface area contributed by atoms with Crippen LogP contribution >= 0.6 is 0 Å². The molecule has 2 aromatic rings. The lowest BCUT2D eigenvalue weighted by atomic mass is 9.94. The summed E-state index contributed by atoms with van der Waals surface area (Å²) in [6, 6.07) is 5.51. The fourth-order valence-electron chi connectivity index (χ4n) is 4.65. The van der Waals surface area contributed by atoms with E-state index in [1.807, 2.05) is 12.1 Å². The molecule has 8 nitrogen and oxygen atoms in total. The first-order chi connectivity index (χ1) is 15.9. The van der Waals surface area contributed by atoms with Crippen molar-refractivity contribution < 1.29 is 9.53 Å². The monoisotopic (exact) mass is 455 g/mol. The maximum Gasteiger partial charge on any atom is 0.261 e. The first-order valence-electron chi connectivity index (χ1n) is 11.8. The van der Waals surface area contributed by atoms with Crippen molar-refractivity contribution in [1.82, 2.24) is 14.8 Å². The molecule has 33 heavy (non-hydrogen) atoms. The van der Waals surface area contributed by atoms with Gasteiger partial charge in [0, 0.05) is 31.2 Å². The van der Waals surface area contributed by atoms with Gasteiger partial charge in [0.15, 0.2) is 0 Å². The highest BCUT2D eigenvalue weighted by Gasteiger charge is 2.20. The summed E-state index contributed by atoms with van der Waals surface area (Å²) in [5.74, 6) is 0.502. The molecule has 0 aliphatic heterocycles. The molecule has 0 spiro atoms. The van der Waals surface area contributed by atoms with Crippen LogP contribution in [0.4, 0.5) is 5.69 Å². The number of pyridine rings is 1. The second kappa shape index (κ2) is 11.3. The maximum absolute atomic E-state index is 12.8. The van der Waals surface area contributed by atoms with Crippen molar-refractivity contribution in [2.75, 3.05) is 32.6 Å². The minimum atomic E-state index is -0.568. The fourth-order valence-corrected chi connectivity index (χ4v) is 4.65. The van der Waals surface area contributed by atoms with Crippen molar-refractivity contribution >= 4 is 28.7 Å². The van der Waals surface area contributed by atoms with Crippen LogP contribution in [0.1, 0.15) is 51.0 Å². The third kappa shape index (κ3) is 5.74. The third-order valence-electron chi connectivity index (χ3n) is 6.72. The number of benzene rings is 1. The molecule has 1 aromatic carbocycles. The summed E-state index contributed by atoms with van der Waals surface area (Å²) in [5.41, 5.74) is 1.10. The Morgan fingerprint density at radius 1 is 1.33 bits per heavy atom. The zero-order valence-corrected chi connectivity index (χ0v) is 20.2. The molecule has 1 heterocycles. The molecule has 0 bridgehead atoms. The van der Waals surface area contributed by atoms with Crippen LogP contribution in [-0.4, -0.2) is 60.9 Å². The van der Waals surface area contributed by atoms with Crippen LogP contribution in [0.15, 0.2) is 23.0 Å². The van der Waals surface area contributed by atoms with Gasteiger partial charge in [-0.25, -0.2) is 0 Å². The van der Waals surface area contributed by atoms with Crippen LogP contribution in [-0.2, 0) is 11.8 Å². The topological polar surface area (TPSA) is 99.5 Å². The SMILES string of the molecule is COc1ccc2c(c1)c(NC(C)C(=O)NCCCN(C)C1CCCCC1)c(C=N)c(=O)n2C. The van der Waals surface area contributed by atoms with Crippen molar-refractivity contribution in [2.24, 2.45) is 7.05 Å². The standard InChI is InChI=1S/C25H37N5O3/c1-17(24(31)27-13-8-14-29(2)18-9-6-5-7-10-18)28-23-20-15-19(33-4)11-12-22(20)30(3)25(32)21(23)16-26/h11-12,15-18,26,28H,5-10,13-14H2,1-4H3,(H,27,31). The summed E-state index contributed by atoms with van der Waals surface area (Å²) in [7, 11) is 5.43. The first-order valence-corrected chi connectivity index (χ1v) is 11.8. The molecule has 1 fully saturated rings. The van der Waals surface area contributed by atoms with E-state index in [2.05, 4.69) is 22.6 Å². The van der Waals surface area contributed by atoms with E-state index in [4.69, 9.17) is 10.1 Å². The molecule has 1 saturated carbocycles. The molecular formula is C25H37N5O3. The largest absolute Gasteiger partial charge is 0.497 e. The Hall–Kier alpha value is -2.87. The van der Waals surface area contributed by atoms with Gasteiger partial charge in [0.25, 0.3) is 5.56 Å². The number of aromatic nitrogens is 1. The van der Waals surface area contributed by atoms with E-state index in [9.17, 15) is 9.59 Å². The van der Waals surface area contributed by atoms with Gasteiger partial charge in [0.05, 0.1) is 23.9 Å². The zero-order chi connectivity index (χ0) is 24.0. The first kappa shape index (κ1) is 24.8. The molecule has 3 rings (SSSR count). The molecule has 1 unspecified atom stereocenters. The molecule has 8 heteroatoms. The van der Waals surface area contributed by atoms with E-state index in [1.165, 1.54) is 36.7 Å². The summed E-state index contributed by atoms with van der Waals surface area (Å²) in [5, 5.41) is 14.7. The third-order valence-corrected chi connectivity index (χ3v) is 6.72. The maximum atomic E-state index is 12.8. The highest BCUT2D eigenvalue weighted by molar-refractivity contribution is 6.02. The summed E-state index contributed by atoms with van der Waals surface area (Å²) in [4.78, 5) is 28.0. The summed E-state index contributed by atoms with van der Waals surface area (Å²) < 4.78 is 6.85. The number of carbonyl (C=O) groups excluding carboxylic acids is 1. The molecule has 1 aliphatic rings. The molecule has 1 aliphatic carbocycles. The van der Waals surface area contributed by atoms with E-state index in [-0.39, 0.29) is 17.0 Å². The second-order valence-corrected chi connectivity index (χ2v) is 8.96. The Bertz CT molecular complexity index is 1040. The van der Waals surface area contributed by atoms with Crippen molar-refractivity contribution in [3.8, 4) is 5.75 Å². The minimum absolute atomic E-state index is 0.136. The number of hydrogen-bond acceptors (Lipinski definition) is 6. The predicted molar refractivity (Wildman–Crippen MR) is 134 cm³/mol. The van der Waals surface area contributed by atoms with Gasteiger partial charge in [-0.2, -0.15) is 0 Å². The van der Waals surface area contributed by atoms with Crippen LogP contribution < -0.4 is 20.9 Å². The van der Waals surface area contributed by atoms with Gasteiger partial charge in [-0.1, -0.05) is 19.3 Å². The molecule has 0 radical (unpaired) electrons. The fraction of sp³-hybridized carbons (Fsp3) is 0.560. The van der Waals surface area contributed by atoms with Crippen LogP contribution in [0.3, 0.4) is 0 Å². The summed E-state index contributed by atoms with van der Waals surface area (Å²) in [6.45, 7) is 3.33. The molecule has 1 amide bonds. The molecule has 3 N–H and O–H groups in total. The van der Waals surface area contributed by atoms with Gasteiger partial charge >= 0.3 is 0 Å². The number of rotatable bonds is 10. The molecule has 0 saturated heterocycles. The number of nitrogens with zero attached hydrogens (tertiary/aromatic N) is 2. The lowest BCUT2D eigenvalue weighted by Crippen LogP contribution is -2.40. The lowest BCUT2D eigenvalue weighted by Gasteiger charge is -2.31. The number of fused-ring (bicyclic) bond motifs is 1. The lowest BCUT2D eigenvalue weighted by molar-refractivity contribution is -0.121. The number of aryl methyl sites for hydroxylation is 1. The molecular weight excluding hydrogens is 418 g/mol. The van der Waals surface area contributed by atoms with E-state index < -0.39 is 6.04 Å². The van der Waals surface area contributed by atoms with Crippen molar-refractivity contribution in [1.29, 1.82) is 5.41 Å². The van der Waals surface area contributed by atoms with Gasteiger partial charge in [0.1, 0.15) is 11.8 Å². The van der Waals surface area contributed by atoms with Crippen molar-refractivity contribution in [3.63, 3.8) is 0 Å². The van der Waals surface area contributed by atoms with E-state index >= 15 is 0 Å². The Balaban J connectivity index is 1.66. The average Bonchev–Trinajstić information content (AvgIpc) is 2.84. The summed E-state index contributed by atoms with van der Waals surface area (Å²) in [6.07, 6.45) is 8.45. The average molecular weight is 456 g/mol. The Labute approximate surface area is 195 Å². The van der Waals surface area contributed by atoms with Crippen molar-refractivity contribution in [2.45, 2.75) is 57.5 Å². The van der Waals surface area contributed by atoms with Gasteiger partial charge in [0.2, 0.25) is 5.91 Å². The smallest absolute Gasteiger partial charge is 0.261 e. The molecule has 1 atom stereocenters. The van der Waals surface area contributed by atoms with E-state index in [0.29, 0.717) is 29.5 Å². The zero-order valence-electron chi connectivity index (χ0n) is 20.2. The normalized spacial score (nSPS) is 15.4. The number of anilines is 1. The molecule has 1 aromatic heterocycles. The van der Waals surface area contributed by atoms with Crippen LogP contribution in [0.2, 0.25) is 0 Å². The van der Waals surface area contributed by atoms with Gasteiger partial charge in [-0.05, 0) is 58.0 Å². The van der Waals surface area contributed by atoms with Gasteiger partial charge in [-0.3, -0.25) is 9.59 Å². The van der Waals surface area contributed by atoms with E-state index in [1.54, 1.807) is 27.1 Å². The Kier molecular flexibility index (Phi) is 8.49. The highest BCUT2D eigenvalue weighted by Crippen LogP contribution is 2.28. The number of hydrogen-bond donors (Lipinski definition) is 3. The predicted octanol–water partition coefficient (Wildman–Crippen LogP) is 3.12. The van der Waals surface area contributed by atoms with Crippen molar-refractivity contribution in [3.05, 3.63) is 34.1 Å². The number of amides is 1. The Morgan fingerprint density at radius 3 is 2.73 bits per heavy atom. The minimum Gasteiger partial charge on any atom is -0.497 e. The number of carbonyl (C=O) groups is 1. The van der Waals surface area contributed by atoms with Crippen LogP contribution in [0.25, 0.3) is 10.9 Å². The van der Waals surface area contributed by atoms with E-state index in [0.717, 1.165) is 24.6 Å². The van der Waals surface area contributed by atoms with Crippen LogP contribution in [0, 0.1) is 5.41 Å². The van der Waals surface area contributed by atoms with Gasteiger partial charge in [-0.15, -0.1) is 0 Å². The number of ether oxygens (including phenoxy) is 1. The number of methoxy groups -OCH3 is 1. The van der Waals surface area contributed by atoms with Crippen LogP contribution in [0.5, 0.6) is 5.75 Å². The second-order valence-electron chi connectivity index (χ2n) is 8.96. The quantitative estimate of drug-likeness (QED) is 0.378. The highest BCUT2D eigenvalue weighted by atomic mass is 16.5. The number of nitrogens with one attached hydrogen (secondary N) is 3. The van der Waals surface area contributed by atoms with Gasteiger partial charge < -0.3 is 30.2 Å².